The molecule has 3 N–H and O–H groups in total. The molecule has 2 aliphatic carbocycles. The zero-order chi connectivity index (χ0) is 13.9. The molecule has 2 amide bonds. The summed E-state index contributed by atoms with van der Waals surface area (Å²) in [6.07, 6.45) is 7.79. The van der Waals surface area contributed by atoms with E-state index in [9.17, 15) is 9.90 Å². The van der Waals surface area contributed by atoms with Crippen LogP contribution in [0.2, 0.25) is 0 Å². The van der Waals surface area contributed by atoms with Crippen LogP contribution < -0.4 is 10.6 Å². The van der Waals surface area contributed by atoms with E-state index in [1.165, 1.54) is 12.8 Å². The Hall–Kier alpha value is -0.770. The van der Waals surface area contributed by atoms with Gasteiger partial charge in [0.15, 0.2) is 0 Å². The van der Waals surface area contributed by atoms with Crippen molar-refractivity contribution >= 4 is 6.03 Å². The summed E-state index contributed by atoms with van der Waals surface area (Å²) >= 11 is 0. The third-order valence-corrected chi connectivity index (χ3v) is 4.71. The number of hydrogen-bond acceptors (Lipinski definition) is 2. The number of carbonyl (C=O) groups is 1. The quantitative estimate of drug-likeness (QED) is 0.721. The van der Waals surface area contributed by atoms with Gasteiger partial charge in [-0.2, -0.15) is 0 Å². The summed E-state index contributed by atoms with van der Waals surface area (Å²) in [5.74, 6) is 0. The van der Waals surface area contributed by atoms with E-state index in [1.807, 2.05) is 0 Å². The second-order valence-corrected chi connectivity index (χ2v) is 7.06. The molecule has 19 heavy (non-hydrogen) atoms. The SMILES string of the molecule is CC1(C)CCC(NC(=O)NC2CCC(O)CC2)CC1. The zero-order valence-corrected chi connectivity index (χ0v) is 12.2. The topological polar surface area (TPSA) is 61.4 Å². The number of aliphatic hydroxyl groups excluding tert-OH is 1. The molecule has 0 unspecified atom stereocenters. The Morgan fingerprint density at radius 1 is 0.947 bits per heavy atom. The van der Waals surface area contributed by atoms with Crippen molar-refractivity contribution in [2.24, 2.45) is 5.41 Å². The average Bonchev–Trinajstić information content (AvgIpc) is 2.35. The largest absolute Gasteiger partial charge is 0.393 e. The molecule has 0 radical (unpaired) electrons. The van der Waals surface area contributed by atoms with Gasteiger partial charge in [0.2, 0.25) is 0 Å². The van der Waals surface area contributed by atoms with E-state index in [0.29, 0.717) is 11.5 Å². The molecule has 0 atom stereocenters. The van der Waals surface area contributed by atoms with Gasteiger partial charge in [-0.15, -0.1) is 0 Å². The molecule has 0 aromatic heterocycles. The Morgan fingerprint density at radius 3 is 1.95 bits per heavy atom. The molecular weight excluding hydrogens is 240 g/mol. The maximum atomic E-state index is 11.9. The number of urea groups is 1. The molecule has 0 spiro atoms. The Labute approximate surface area is 116 Å². The minimum Gasteiger partial charge on any atom is -0.393 e. The monoisotopic (exact) mass is 268 g/mol. The highest BCUT2D eigenvalue weighted by molar-refractivity contribution is 5.74. The fraction of sp³-hybridized carbons (Fsp3) is 0.933. The van der Waals surface area contributed by atoms with E-state index in [0.717, 1.165) is 38.5 Å². The van der Waals surface area contributed by atoms with E-state index in [1.54, 1.807) is 0 Å². The lowest BCUT2D eigenvalue weighted by molar-refractivity contribution is 0.117. The predicted molar refractivity (Wildman–Crippen MR) is 76.0 cm³/mol. The lowest BCUT2D eigenvalue weighted by Crippen LogP contribution is -2.48. The molecule has 4 heteroatoms. The lowest BCUT2D eigenvalue weighted by atomic mass is 9.75. The van der Waals surface area contributed by atoms with Gasteiger partial charge in [-0.1, -0.05) is 13.8 Å². The lowest BCUT2D eigenvalue weighted by Gasteiger charge is -2.35. The highest BCUT2D eigenvalue weighted by atomic mass is 16.3. The predicted octanol–water partition coefficient (Wildman–Crippen LogP) is 2.56. The molecule has 4 nitrogen and oxygen atoms in total. The summed E-state index contributed by atoms with van der Waals surface area (Å²) in [6, 6.07) is 0.553. The summed E-state index contributed by atoms with van der Waals surface area (Å²) in [5, 5.41) is 15.6. The van der Waals surface area contributed by atoms with Crippen molar-refractivity contribution in [3.63, 3.8) is 0 Å². The van der Waals surface area contributed by atoms with Gasteiger partial charge < -0.3 is 15.7 Å². The van der Waals surface area contributed by atoms with Gasteiger partial charge in [-0.05, 0) is 56.8 Å². The minimum atomic E-state index is -0.165. The third kappa shape index (κ3) is 4.68. The van der Waals surface area contributed by atoms with Crippen LogP contribution in [0.1, 0.15) is 65.2 Å². The van der Waals surface area contributed by atoms with Crippen molar-refractivity contribution in [1.82, 2.24) is 10.6 Å². The van der Waals surface area contributed by atoms with Crippen LogP contribution in [0.3, 0.4) is 0 Å². The van der Waals surface area contributed by atoms with Crippen molar-refractivity contribution in [3.8, 4) is 0 Å². The van der Waals surface area contributed by atoms with Crippen molar-refractivity contribution in [2.75, 3.05) is 0 Å². The molecular formula is C15H28N2O2. The summed E-state index contributed by atoms with van der Waals surface area (Å²) in [4.78, 5) is 11.9. The highest BCUT2D eigenvalue weighted by Crippen LogP contribution is 2.34. The minimum absolute atomic E-state index is 0.0221. The van der Waals surface area contributed by atoms with Crippen LogP contribution in [-0.4, -0.2) is 29.3 Å². The number of rotatable bonds is 2. The van der Waals surface area contributed by atoms with E-state index >= 15 is 0 Å². The maximum Gasteiger partial charge on any atom is 0.315 e. The number of carbonyl (C=O) groups excluding carboxylic acids is 1. The van der Waals surface area contributed by atoms with Gasteiger partial charge in [0, 0.05) is 12.1 Å². The zero-order valence-electron chi connectivity index (χ0n) is 12.2. The van der Waals surface area contributed by atoms with Crippen LogP contribution in [0.15, 0.2) is 0 Å². The molecule has 0 aromatic carbocycles. The Bertz CT molecular complexity index is 299. The summed E-state index contributed by atoms with van der Waals surface area (Å²) in [5.41, 5.74) is 0.439. The molecule has 2 aliphatic rings. The first-order chi connectivity index (χ1) is 8.94. The molecule has 110 valence electrons. The number of aliphatic hydroxyl groups is 1. The van der Waals surface area contributed by atoms with Crippen molar-refractivity contribution in [1.29, 1.82) is 0 Å². The van der Waals surface area contributed by atoms with Gasteiger partial charge in [0.05, 0.1) is 6.10 Å². The van der Waals surface area contributed by atoms with Crippen LogP contribution in [-0.2, 0) is 0 Å². The fourth-order valence-electron chi connectivity index (χ4n) is 3.18. The van der Waals surface area contributed by atoms with Crippen LogP contribution in [0.25, 0.3) is 0 Å². The van der Waals surface area contributed by atoms with E-state index in [2.05, 4.69) is 24.5 Å². The summed E-state index contributed by atoms with van der Waals surface area (Å²) < 4.78 is 0. The molecule has 0 saturated heterocycles. The smallest absolute Gasteiger partial charge is 0.315 e. The average molecular weight is 268 g/mol. The van der Waals surface area contributed by atoms with Crippen molar-refractivity contribution < 1.29 is 9.90 Å². The first-order valence-electron chi connectivity index (χ1n) is 7.70. The van der Waals surface area contributed by atoms with Crippen LogP contribution >= 0.6 is 0 Å². The number of nitrogens with one attached hydrogen (secondary N) is 2. The molecule has 0 heterocycles. The molecule has 0 aromatic rings. The molecule has 2 fully saturated rings. The van der Waals surface area contributed by atoms with Gasteiger partial charge in [0.25, 0.3) is 0 Å². The third-order valence-electron chi connectivity index (χ3n) is 4.71. The second kappa shape index (κ2) is 6.12. The Balaban J connectivity index is 1.67. The van der Waals surface area contributed by atoms with E-state index < -0.39 is 0 Å². The van der Waals surface area contributed by atoms with Gasteiger partial charge >= 0.3 is 6.03 Å². The Morgan fingerprint density at radius 2 is 1.42 bits per heavy atom. The molecule has 2 saturated carbocycles. The van der Waals surface area contributed by atoms with E-state index in [-0.39, 0.29) is 18.2 Å². The normalized spacial score (nSPS) is 31.7. The summed E-state index contributed by atoms with van der Waals surface area (Å²) in [6.45, 7) is 4.60. The fourth-order valence-corrected chi connectivity index (χ4v) is 3.18. The standard InChI is InChI=1S/C15H28N2O2/c1-15(2)9-7-12(8-10-15)17-14(19)16-11-3-5-13(18)6-4-11/h11-13,18H,3-10H2,1-2H3,(H2,16,17,19). The van der Waals surface area contributed by atoms with E-state index in [4.69, 9.17) is 0 Å². The van der Waals surface area contributed by atoms with Crippen LogP contribution in [0.5, 0.6) is 0 Å². The number of hydrogen-bond donors (Lipinski definition) is 3. The second-order valence-electron chi connectivity index (χ2n) is 7.06. The van der Waals surface area contributed by atoms with Gasteiger partial charge in [-0.3, -0.25) is 0 Å². The first kappa shape index (κ1) is 14.6. The first-order valence-corrected chi connectivity index (χ1v) is 7.70. The number of amides is 2. The summed E-state index contributed by atoms with van der Waals surface area (Å²) in [7, 11) is 0. The highest BCUT2D eigenvalue weighted by Gasteiger charge is 2.28. The van der Waals surface area contributed by atoms with Gasteiger partial charge in [0.1, 0.15) is 0 Å². The Kier molecular flexibility index (Phi) is 4.71. The van der Waals surface area contributed by atoms with Crippen molar-refractivity contribution in [2.45, 2.75) is 83.4 Å². The van der Waals surface area contributed by atoms with Crippen molar-refractivity contribution in [3.05, 3.63) is 0 Å². The maximum absolute atomic E-state index is 11.9. The molecule has 2 rings (SSSR count). The molecule has 0 bridgehead atoms. The van der Waals surface area contributed by atoms with Crippen LogP contribution in [0.4, 0.5) is 4.79 Å². The van der Waals surface area contributed by atoms with Crippen LogP contribution in [0, 0.1) is 5.41 Å². The molecule has 0 aliphatic heterocycles. The van der Waals surface area contributed by atoms with Gasteiger partial charge in [-0.25, -0.2) is 4.79 Å².